The number of nitrogens with zero attached hydrogens (tertiary/aromatic N) is 3. The fraction of sp³-hybridized carbons (Fsp3) is 0.421. The van der Waals surface area contributed by atoms with E-state index in [-0.39, 0.29) is 11.6 Å². The standard InChI is InChI=1S/C19H25N5O4/c1-26-14-3-4-15(17(13-14)27-2)22-18(25)16-5-6-20-19(23-16)21-7-8-24-9-11-28-12-10-24/h3-6,13H,7-12H2,1-2H3,(H,22,25)(H,20,21,23). The molecule has 2 N–H and O–H groups in total. The first kappa shape index (κ1) is 19.8. The number of aromatic nitrogens is 2. The molecule has 1 aromatic carbocycles. The lowest BCUT2D eigenvalue weighted by Crippen LogP contribution is -2.39. The van der Waals surface area contributed by atoms with Gasteiger partial charge in [0.15, 0.2) is 0 Å². The maximum absolute atomic E-state index is 12.6. The summed E-state index contributed by atoms with van der Waals surface area (Å²) in [5.41, 5.74) is 0.801. The van der Waals surface area contributed by atoms with E-state index in [0.29, 0.717) is 29.7 Å². The third-order valence-electron chi connectivity index (χ3n) is 4.36. The van der Waals surface area contributed by atoms with Crippen LogP contribution >= 0.6 is 0 Å². The molecule has 9 heteroatoms. The van der Waals surface area contributed by atoms with Crippen LogP contribution in [0.1, 0.15) is 10.5 Å². The number of nitrogens with one attached hydrogen (secondary N) is 2. The molecular weight excluding hydrogens is 362 g/mol. The molecular formula is C19H25N5O4. The van der Waals surface area contributed by atoms with Gasteiger partial charge < -0.3 is 24.8 Å². The van der Waals surface area contributed by atoms with E-state index in [1.54, 1.807) is 37.6 Å². The summed E-state index contributed by atoms with van der Waals surface area (Å²) in [5.74, 6) is 1.22. The molecule has 0 aliphatic carbocycles. The fourth-order valence-corrected chi connectivity index (χ4v) is 2.81. The number of carbonyl (C=O) groups is 1. The maximum atomic E-state index is 12.6. The van der Waals surface area contributed by atoms with Crippen LogP contribution in [0.2, 0.25) is 0 Å². The number of amides is 1. The molecule has 3 rings (SSSR count). The lowest BCUT2D eigenvalue weighted by molar-refractivity contribution is 0.0398. The molecule has 0 radical (unpaired) electrons. The van der Waals surface area contributed by atoms with Gasteiger partial charge in [-0.15, -0.1) is 0 Å². The first-order valence-electron chi connectivity index (χ1n) is 9.10. The van der Waals surface area contributed by atoms with Gasteiger partial charge in [0.2, 0.25) is 5.95 Å². The molecule has 0 bridgehead atoms. The van der Waals surface area contributed by atoms with Crippen molar-refractivity contribution in [3.63, 3.8) is 0 Å². The van der Waals surface area contributed by atoms with E-state index < -0.39 is 0 Å². The summed E-state index contributed by atoms with van der Waals surface area (Å²) in [6.45, 7) is 4.94. The van der Waals surface area contributed by atoms with Crippen LogP contribution in [0.3, 0.4) is 0 Å². The number of ether oxygens (including phenoxy) is 3. The van der Waals surface area contributed by atoms with Crippen LogP contribution in [0.4, 0.5) is 11.6 Å². The monoisotopic (exact) mass is 387 g/mol. The molecule has 2 heterocycles. The van der Waals surface area contributed by atoms with Crippen LogP contribution in [0.5, 0.6) is 11.5 Å². The zero-order valence-electron chi connectivity index (χ0n) is 16.1. The van der Waals surface area contributed by atoms with Crippen molar-refractivity contribution >= 4 is 17.5 Å². The highest BCUT2D eigenvalue weighted by Gasteiger charge is 2.13. The highest BCUT2D eigenvalue weighted by Crippen LogP contribution is 2.29. The third kappa shape index (κ3) is 5.30. The van der Waals surface area contributed by atoms with E-state index in [2.05, 4.69) is 25.5 Å². The summed E-state index contributed by atoms with van der Waals surface area (Å²) in [5, 5.41) is 5.97. The molecule has 28 heavy (non-hydrogen) atoms. The minimum absolute atomic E-state index is 0.266. The van der Waals surface area contributed by atoms with E-state index in [9.17, 15) is 4.79 Å². The maximum Gasteiger partial charge on any atom is 0.274 e. The third-order valence-corrected chi connectivity index (χ3v) is 4.36. The van der Waals surface area contributed by atoms with Gasteiger partial charge in [-0.05, 0) is 18.2 Å². The Bertz CT molecular complexity index is 796. The number of anilines is 2. The zero-order valence-corrected chi connectivity index (χ0v) is 16.1. The lowest BCUT2D eigenvalue weighted by atomic mass is 10.2. The molecule has 0 unspecified atom stereocenters. The summed E-state index contributed by atoms with van der Waals surface area (Å²) in [6, 6.07) is 6.74. The van der Waals surface area contributed by atoms with Crippen molar-refractivity contribution in [2.45, 2.75) is 0 Å². The first-order valence-corrected chi connectivity index (χ1v) is 9.10. The Labute approximate surface area is 164 Å². The fourth-order valence-electron chi connectivity index (χ4n) is 2.81. The molecule has 1 aliphatic rings. The SMILES string of the molecule is COc1ccc(NC(=O)c2ccnc(NCCN3CCOCC3)n2)c(OC)c1. The average Bonchev–Trinajstić information content (AvgIpc) is 2.75. The van der Waals surface area contributed by atoms with E-state index >= 15 is 0 Å². The zero-order chi connectivity index (χ0) is 19.8. The Morgan fingerprint density at radius 3 is 2.79 bits per heavy atom. The van der Waals surface area contributed by atoms with Gasteiger partial charge in [-0.2, -0.15) is 0 Å². The Kier molecular flexibility index (Phi) is 6.99. The van der Waals surface area contributed by atoms with E-state index in [0.717, 1.165) is 32.8 Å². The van der Waals surface area contributed by atoms with Gasteiger partial charge in [0.25, 0.3) is 5.91 Å². The number of methoxy groups -OCH3 is 2. The largest absolute Gasteiger partial charge is 0.497 e. The lowest BCUT2D eigenvalue weighted by Gasteiger charge is -2.26. The summed E-state index contributed by atoms with van der Waals surface area (Å²) >= 11 is 0. The molecule has 1 fully saturated rings. The molecule has 1 amide bonds. The van der Waals surface area contributed by atoms with Gasteiger partial charge in [0, 0.05) is 38.4 Å². The summed E-state index contributed by atoms with van der Waals surface area (Å²) in [4.78, 5) is 23.4. The molecule has 9 nitrogen and oxygen atoms in total. The summed E-state index contributed by atoms with van der Waals surface area (Å²) in [6.07, 6.45) is 1.56. The number of carbonyl (C=O) groups excluding carboxylic acids is 1. The molecule has 2 aromatic rings. The summed E-state index contributed by atoms with van der Waals surface area (Å²) in [7, 11) is 3.10. The van der Waals surface area contributed by atoms with Crippen molar-refractivity contribution in [1.82, 2.24) is 14.9 Å². The average molecular weight is 387 g/mol. The topological polar surface area (TPSA) is 97.8 Å². The summed E-state index contributed by atoms with van der Waals surface area (Å²) < 4.78 is 15.8. The Morgan fingerprint density at radius 1 is 1.21 bits per heavy atom. The molecule has 0 atom stereocenters. The van der Waals surface area contributed by atoms with Gasteiger partial charge in [0.1, 0.15) is 17.2 Å². The van der Waals surface area contributed by atoms with Crippen molar-refractivity contribution in [2.24, 2.45) is 0 Å². The number of hydrogen-bond donors (Lipinski definition) is 2. The van der Waals surface area contributed by atoms with Crippen LogP contribution in [-0.4, -0.2) is 74.4 Å². The first-order chi connectivity index (χ1) is 13.7. The van der Waals surface area contributed by atoms with Crippen molar-refractivity contribution in [3.8, 4) is 11.5 Å². The van der Waals surface area contributed by atoms with Gasteiger partial charge >= 0.3 is 0 Å². The molecule has 1 aromatic heterocycles. The Morgan fingerprint density at radius 2 is 2.04 bits per heavy atom. The van der Waals surface area contributed by atoms with E-state index in [4.69, 9.17) is 14.2 Å². The number of hydrogen-bond acceptors (Lipinski definition) is 8. The molecule has 0 spiro atoms. The number of rotatable bonds is 8. The molecule has 1 aliphatic heterocycles. The second-order valence-corrected chi connectivity index (χ2v) is 6.17. The van der Waals surface area contributed by atoms with Gasteiger partial charge in [-0.1, -0.05) is 0 Å². The predicted molar refractivity (Wildman–Crippen MR) is 105 cm³/mol. The van der Waals surface area contributed by atoms with Crippen LogP contribution in [0.15, 0.2) is 30.5 Å². The van der Waals surface area contributed by atoms with Crippen molar-refractivity contribution in [1.29, 1.82) is 0 Å². The van der Waals surface area contributed by atoms with Gasteiger partial charge in [-0.3, -0.25) is 9.69 Å². The van der Waals surface area contributed by atoms with Gasteiger partial charge in [-0.25, -0.2) is 9.97 Å². The van der Waals surface area contributed by atoms with E-state index in [1.165, 1.54) is 7.11 Å². The van der Waals surface area contributed by atoms with Gasteiger partial charge in [0.05, 0.1) is 33.1 Å². The molecule has 1 saturated heterocycles. The van der Waals surface area contributed by atoms with Crippen LogP contribution in [0.25, 0.3) is 0 Å². The van der Waals surface area contributed by atoms with Crippen LogP contribution in [0, 0.1) is 0 Å². The Hall–Kier alpha value is -2.91. The number of morpholine rings is 1. The second-order valence-electron chi connectivity index (χ2n) is 6.17. The van der Waals surface area contributed by atoms with Crippen molar-refractivity contribution in [2.75, 3.05) is 64.2 Å². The van der Waals surface area contributed by atoms with Crippen molar-refractivity contribution in [3.05, 3.63) is 36.2 Å². The highest BCUT2D eigenvalue weighted by atomic mass is 16.5. The quantitative estimate of drug-likeness (QED) is 0.703. The highest BCUT2D eigenvalue weighted by molar-refractivity contribution is 6.03. The minimum atomic E-state index is -0.345. The second kappa shape index (κ2) is 9.86. The molecule has 150 valence electrons. The normalized spacial score (nSPS) is 14.4. The smallest absolute Gasteiger partial charge is 0.274 e. The number of benzene rings is 1. The van der Waals surface area contributed by atoms with Crippen LogP contribution in [-0.2, 0) is 4.74 Å². The predicted octanol–water partition coefficient (Wildman–Crippen LogP) is 1.49. The Balaban J connectivity index is 1.59. The molecule has 0 saturated carbocycles. The van der Waals surface area contributed by atoms with E-state index in [1.807, 2.05) is 0 Å². The van der Waals surface area contributed by atoms with Crippen molar-refractivity contribution < 1.29 is 19.0 Å². The minimum Gasteiger partial charge on any atom is -0.497 e. The van der Waals surface area contributed by atoms with Crippen LogP contribution < -0.4 is 20.1 Å².